The molecular weight excluding hydrogens is 382 g/mol. The number of nitrogens with zero attached hydrogens (tertiary/aromatic N) is 1. The number of hydrogen-bond donors (Lipinski definition) is 2. The van der Waals surface area contributed by atoms with Crippen molar-refractivity contribution in [2.24, 2.45) is 5.92 Å². The van der Waals surface area contributed by atoms with Crippen LogP contribution in [0.25, 0.3) is 0 Å². The van der Waals surface area contributed by atoms with Gasteiger partial charge in [-0.25, -0.2) is 0 Å². The number of benzene rings is 1. The Morgan fingerprint density at radius 1 is 1.27 bits per heavy atom. The second-order valence-corrected chi connectivity index (χ2v) is 9.21. The molecule has 6 nitrogen and oxygen atoms in total. The van der Waals surface area contributed by atoms with Crippen molar-refractivity contribution in [2.45, 2.75) is 77.6 Å². The molecule has 2 rings (SSSR count). The van der Waals surface area contributed by atoms with E-state index in [1.54, 1.807) is 12.1 Å². The van der Waals surface area contributed by atoms with Crippen LogP contribution in [0.3, 0.4) is 0 Å². The van der Waals surface area contributed by atoms with Crippen LogP contribution in [0.1, 0.15) is 83.3 Å². The summed E-state index contributed by atoms with van der Waals surface area (Å²) < 4.78 is 0. The van der Waals surface area contributed by atoms with Crippen LogP contribution >= 0.6 is 0 Å². The molecule has 1 aliphatic rings. The molecular formula is C24H35NO5. The Bertz CT molecular complexity index is 789. The minimum atomic E-state index is -0.765. The van der Waals surface area contributed by atoms with Gasteiger partial charge in [0, 0.05) is 11.5 Å². The zero-order chi connectivity index (χ0) is 22.5. The second kappa shape index (κ2) is 10.0. The molecule has 0 radical (unpaired) electrons. The van der Waals surface area contributed by atoms with E-state index >= 15 is 0 Å². The second-order valence-electron chi connectivity index (χ2n) is 9.21. The average molecular weight is 418 g/mol. The Balaban J connectivity index is 2.15. The third kappa shape index (κ3) is 6.00. The van der Waals surface area contributed by atoms with Crippen molar-refractivity contribution in [1.29, 1.82) is 0 Å². The third-order valence-electron chi connectivity index (χ3n) is 6.27. The number of phenolic OH excluding ortho intramolecular Hbond substituents is 2. The summed E-state index contributed by atoms with van der Waals surface area (Å²) in [5, 5.41) is 31.2. The minimum Gasteiger partial charge on any atom is -0.507 e. The molecule has 30 heavy (non-hydrogen) atoms. The number of aromatic hydroxyl groups is 2. The van der Waals surface area contributed by atoms with E-state index in [0.717, 1.165) is 43.2 Å². The zero-order valence-electron chi connectivity index (χ0n) is 18.6. The fraction of sp³-hybridized carbons (Fsp3) is 0.583. The predicted molar refractivity (Wildman–Crippen MR) is 118 cm³/mol. The smallest absolute Gasteiger partial charge is 0.294 e. The SMILES string of the molecule is C=C(C)[C@H]1CCC(C)=C[C@@H]1c1c(O)cc(C(C)(C)CCCCCO[N+](=O)[O-])cc1O. The maximum Gasteiger partial charge on any atom is 0.294 e. The summed E-state index contributed by atoms with van der Waals surface area (Å²) in [5.74, 6) is 0.375. The lowest BCUT2D eigenvalue weighted by Crippen LogP contribution is -2.19. The van der Waals surface area contributed by atoms with Crippen LogP contribution in [0, 0.1) is 16.0 Å². The summed E-state index contributed by atoms with van der Waals surface area (Å²) in [7, 11) is 0. The maximum atomic E-state index is 10.9. The normalized spacial score (nSPS) is 19.3. The first-order chi connectivity index (χ1) is 14.0. The van der Waals surface area contributed by atoms with E-state index in [0.29, 0.717) is 12.0 Å². The molecule has 0 unspecified atom stereocenters. The summed E-state index contributed by atoms with van der Waals surface area (Å²) >= 11 is 0. The van der Waals surface area contributed by atoms with E-state index in [1.165, 1.54) is 5.57 Å². The molecule has 0 spiro atoms. The van der Waals surface area contributed by atoms with Gasteiger partial charge in [-0.3, -0.25) is 0 Å². The highest BCUT2D eigenvalue weighted by Crippen LogP contribution is 2.47. The highest BCUT2D eigenvalue weighted by molar-refractivity contribution is 5.53. The van der Waals surface area contributed by atoms with Crippen LogP contribution in [-0.4, -0.2) is 21.9 Å². The lowest BCUT2D eigenvalue weighted by Gasteiger charge is -2.32. The van der Waals surface area contributed by atoms with E-state index in [1.807, 2.05) is 6.92 Å². The summed E-state index contributed by atoms with van der Waals surface area (Å²) in [6, 6.07) is 3.55. The number of rotatable bonds is 10. The van der Waals surface area contributed by atoms with Gasteiger partial charge in [0.1, 0.15) is 11.5 Å². The van der Waals surface area contributed by atoms with Crippen LogP contribution < -0.4 is 0 Å². The number of hydrogen-bond acceptors (Lipinski definition) is 5. The highest BCUT2D eigenvalue weighted by Gasteiger charge is 2.31. The van der Waals surface area contributed by atoms with Crippen molar-refractivity contribution >= 4 is 0 Å². The number of unbranched alkanes of at least 4 members (excludes halogenated alkanes) is 2. The monoisotopic (exact) mass is 417 g/mol. The molecule has 0 bridgehead atoms. The Morgan fingerprint density at radius 2 is 1.90 bits per heavy atom. The molecule has 0 amide bonds. The minimum absolute atomic E-state index is 0.0741. The van der Waals surface area contributed by atoms with Gasteiger partial charge in [-0.2, -0.15) is 0 Å². The van der Waals surface area contributed by atoms with Gasteiger partial charge in [0.25, 0.3) is 5.09 Å². The van der Waals surface area contributed by atoms with Crippen molar-refractivity contribution in [3.8, 4) is 11.5 Å². The molecule has 0 aliphatic heterocycles. The fourth-order valence-electron chi connectivity index (χ4n) is 4.39. The van der Waals surface area contributed by atoms with E-state index in [9.17, 15) is 20.3 Å². The van der Waals surface area contributed by atoms with Gasteiger partial charge in [0.2, 0.25) is 0 Å². The molecule has 2 N–H and O–H groups in total. The van der Waals surface area contributed by atoms with Crippen LogP contribution in [0.15, 0.2) is 35.9 Å². The lowest BCUT2D eigenvalue weighted by atomic mass is 9.72. The van der Waals surface area contributed by atoms with Gasteiger partial charge in [0.15, 0.2) is 0 Å². The highest BCUT2D eigenvalue weighted by atomic mass is 16.9. The summed E-state index contributed by atoms with van der Waals surface area (Å²) in [6.45, 7) is 12.5. The average Bonchev–Trinajstić information content (AvgIpc) is 2.63. The van der Waals surface area contributed by atoms with Crippen LogP contribution in [0.4, 0.5) is 0 Å². The van der Waals surface area contributed by atoms with Gasteiger partial charge in [-0.1, -0.05) is 50.5 Å². The molecule has 0 heterocycles. The Morgan fingerprint density at radius 3 is 2.47 bits per heavy atom. The zero-order valence-corrected chi connectivity index (χ0v) is 18.6. The summed E-state index contributed by atoms with van der Waals surface area (Å²) in [6.07, 6.45) is 7.28. The predicted octanol–water partition coefficient (Wildman–Crippen LogP) is 6.16. The van der Waals surface area contributed by atoms with Crippen molar-refractivity contribution < 1.29 is 20.1 Å². The maximum absolute atomic E-state index is 10.9. The largest absolute Gasteiger partial charge is 0.507 e. The first-order valence-electron chi connectivity index (χ1n) is 10.7. The van der Waals surface area contributed by atoms with Crippen LogP contribution in [0.5, 0.6) is 11.5 Å². The van der Waals surface area contributed by atoms with Crippen molar-refractivity contribution in [2.75, 3.05) is 6.61 Å². The van der Waals surface area contributed by atoms with E-state index in [2.05, 4.69) is 38.3 Å². The molecule has 1 aromatic carbocycles. The Hall–Kier alpha value is -2.50. The Labute approximate surface area is 179 Å². The quantitative estimate of drug-likeness (QED) is 0.206. The molecule has 0 saturated heterocycles. The molecule has 2 atom stereocenters. The van der Waals surface area contributed by atoms with E-state index in [-0.39, 0.29) is 35.4 Å². The first kappa shape index (κ1) is 23.8. The number of phenols is 2. The van der Waals surface area contributed by atoms with E-state index < -0.39 is 5.09 Å². The van der Waals surface area contributed by atoms with Gasteiger partial charge in [-0.15, -0.1) is 10.1 Å². The molecule has 0 fully saturated rings. The third-order valence-corrected chi connectivity index (χ3v) is 6.27. The number of allylic oxidation sites excluding steroid dienone is 3. The molecule has 166 valence electrons. The van der Waals surface area contributed by atoms with Gasteiger partial charge in [0.05, 0.1) is 6.61 Å². The molecule has 6 heteroatoms. The van der Waals surface area contributed by atoms with Crippen LogP contribution in [-0.2, 0) is 10.3 Å². The molecule has 1 aromatic rings. The van der Waals surface area contributed by atoms with Crippen molar-refractivity contribution in [3.05, 3.63) is 57.2 Å². The van der Waals surface area contributed by atoms with Gasteiger partial charge in [-0.05, 0) is 68.6 Å². The molecule has 0 saturated carbocycles. The Kier molecular flexibility index (Phi) is 7.93. The fourth-order valence-corrected chi connectivity index (χ4v) is 4.39. The van der Waals surface area contributed by atoms with Crippen molar-refractivity contribution in [1.82, 2.24) is 0 Å². The molecule has 1 aliphatic carbocycles. The molecule has 0 aromatic heterocycles. The van der Waals surface area contributed by atoms with Crippen molar-refractivity contribution in [3.63, 3.8) is 0 Å². The first-order valence-corrected chi connectivity index (χ1v) is 10.7. The topological polar surface area (TPSA) is 92.8 Å². The van der Waals surface area contributed by atoms with Crippen LogP contribution in [0.2, 0.25) is 0 Å². The lowest BCUT2D eigenvalue weighted by molar-refractivity contribution is -0.757. The summed E-state index contributed by atoms with van der Waals surface area (Å²) in [5.41, 5.74) is 3.54. The van der Waals surface area contributed by atoms with E-state index in [4.69, 9.17) is 0 Å². The van der Waals surface area contributed by atoms with Gasteiger partial charge < -0.3 is 15.1 Å². The van der Waals surface area contributed by atoms with Gasteiger partial charge >= 0.3 is 0 Å². The summed E-state index contributed by atoms with van der Waals surface area (Å²) in [4.78, 5) is 14.5. The standard InChI is InChI=1S/C24H35NO5/c1-16(2)19-10-9-17(3)13-20(19)23-21(26)14-18(15-22(23)27)24(4,5)11-7-6-8-12-30-25(28)29/h13-15,19-20,26-27H,1,6-12H2,2-5H3/t19-,20+/m1/s1.